The molecule has 1 aliphatic carbocycles. The Hall–Kier alpha value is -0.557. The molecular formula is C20H23Cl2NZr. The molecule has 0 atom stereocenters. The van der Waals surface area contributed by atoms with Gasteiger partial charge in [0, 0.05) is 0 Å². The van der Waals surface area contributed by atoms with Crippen LogP contribution in [0.25, 0.3) is 10.9 Å². The number of nitrogens with one attached hydrogen (secondary N) is 1. The summed E-state index contributed by atoms with van der Waals surface area (Å²) in [5.74, 6) is 0. The Morgan fingerprint density at radius 2 is 1.71 bits per heavy atom. The molecule has 1 nitrogen and oxygen atoms in total. The molecule has 0 unspecified atom stereocenters. The molecule has 2 aromatic rings. The molecule has 1 N–H and O–H groups in total. The van der Waals surface area contributed by atoms with Crippen molar-refractivity contribution in [2.75, 3.05) is 0 Å². The van der Waals surface area contributed by atoms with E-state index in [1.165, 1.54) is 31.0 Å². The maximum absolute atomic E-state index is 3.74. The predicted molar refractivity (Wildman–Crippen MR) is 92.2 cm³/mol. The summed E-state index contributed by atoms with van der Waals surface area (Å²) in [5.41, 5.74) is 5.87. The van der Waals surface area contributed by atoms with Crippen LogP contribution in [0.15, 0.2) is 56.9 Å². The second-order valence-corrected chi connectivity index (χ2v) is 10.3. The second-order valence-electron chi connectivity index (χ2n) is 7.15. The van der Waals surface area contributed by atoms with Gasteiger partial charge < -0.3 is 24.8 Å². The van der Waals surface area contributed by atoms with Gasteiger partial charge in [0.1, 0.15) is 0 Å². The number of fused-ring (bicyclic) bond motifs is 1. The van der Waals surface area contributed by atoms with E-state index in [9.17, 15) is 0 Å². The average Bonchev–Trinajstić information content (AvgIpc) is 3.01. The van der Waals surface area contributed by atoms with Crippen molar-refractivity contribution in [2.24, 2.45) is 0 Å². The van der Waals surface area contributed by atoms with Crippen LogP contribution in [-0.2, 0) is 28.6 Å². The van der Waals surface area contributed by atoms with Crippen LogP contribution in [0.1, 0.15) is 40.2 Å². The summed E-state index contributed by atoms with van der Waals surface area (Å²) in [6, 6.07) is 8.74. The molecule has 24 heavy (non-hydrogen) atoms. The fourth-order valence-corrected chi connectivity index (χ4v) is 7.41. The third-order valence-electron chi connectivity index (χ3n) is 4.07. The fourth-order valence-electron chi connectivity index (χ4n) is 3.11. The molecule has 0 saturated carbocycles. The number of halogens is 2. The Morgan fingerprint density at radius 1 is 1.04 bits per heavy atom. The van der Waals surface area contributed by atoms with E-state index in [-0.39, 0.29) is 30.2 Å². The molecular weight excluding hydrogens is 416 g/mol. The third-order valence-corrected chi connectivity index (χ3v) is 7.34. The van der Waals surface area contributed by atoms with Gasteiger partial charge in [-0.2, -0.15) is 0 Å². The summed E-state index contributed by atoms with van der Waals surface area (Å²) in [7, 11) is 0. The molecule has 126 valence electrons. The van der Waals surface area contributed by atoms with Crippen molar-refractivity contribution in [1.82, 2.24) is 4.98 Å². The number of aromatic nitrogens is 1. The quantitative estimate of drug-likeness (QED) is 0.616. The van der Waals surface area contributed by atoms with Gasteiger partial charge in [-0.05, 0) is 0 Å². The van der Waals surface area contributed by atoms with E-state index in [1.54, 1.807) is 3.28 Å². The van der Waals surface area contributed by atoms with Gasteiger partial charge in [0.05, 0.1) is 0 Å². The molecule has 0 fully saturated rings. The minimum Gasteiger partial charge on any atom is -1.00 e. The number of para-hydroxylation sites is 1. The van der Waals surface area contributed by atoms with Crippen LogP contribution in [-0.4, -0.2) is 4.98 Å². The Bertz CT molecular complexity index is 816. The van der Waals surface area contributed by atoms with Crippen molar-refractivity contribution < 1.29 is 48.0 Å². The van der Waals surface area contributed by atoms with E-state index in [1.807, 2.05) is 0 Å². The molecule has 0 saturated heterocycles. The molecule has 0 radical (unpaired) electrons. The molecule has 1 aromatic heterocycles. The van der Waals surface area contributed by atoms with Gasteiger partial charge in [-0.25, -0.2) is 0 Å². The summed E-state index contributed by atoms with van der Waals surface area (Å²) in [5, 5.41) is 1.40. The second kappa shape index (κ2) is 8.21. The van der Waals surface area contributed by atoms with E-state index in [4.69, 9.17) is 0 Å². The molecule has 0 amide bonds. The van der Waals surface area contributed by atoms with E-state index in [2.05, 4.69) is 82.1 Å². The topological polar surface area (TPSA) is 15.8 Å². The normalized spacial score (nSPS) is 13.2. The first kappa shape index (κ1) is 21.5. The molecule has 0 spiro atoms. The van der Waals surface area contributed by atoms with Crippen LogP contribution >= 0.6 is 0 Å². The minimum absolute atomic E-state index is 0. The Morgan fingerprint density at radius 3 is 2.33 bits per heavy atom. The average molecular weight is 440 g/mol. The van der Waals surface area contributed by atoms with Crippen LogP contribution < -0.4 is 28.2 Å². The number of hydrogen-bond acceptors (Lipinski definition) is 0. The van der Waals surface area contributed by atoms with Gasteiger partial charge in [0.2, 0.25) is 0 Å². The van der Waals surface area contributed by atoms with Crippen molar-refractivity contribution >= 4 is 14.3 Å². The SMILES string of the molecule is CC(C)=C1C=CC=[C]1[Zr+2][c]1[nH]c2ccccc2c1C(C)(C)C.[Cl-].[Cl-]. The van der Waals surface area contributed by atoms with Crippen LogP contribution in [0.3, 0.4) is 0 Å². The number of allylic oxidation sites excluding steroid dienone is 6. The van der Waals surface area contributed by atoms with E-state index in [0.29, 0.717) is 0 Å². The van der Waals surface area contributed by atoms with Crippen LogP contribution in [0.4, 0.5) is 0 Å². The third kappa shape index (κ3) is 4.15. The number of aromatic amines is 1. The Kier molecular flexibility index (Phi) is 7.35. The Labute approximate surface area is 169 Å². The van der Waals surface area contributed by atoms with Crippen LogP contribution in [0.2, 0.25) is 0 Å². The molecule has 1 aromatic carbocycles. The minimum atomic E-state index is -0.838. The van der Waals surface area contributed by atoms with Crippen molar-refractivity contribution in [3.63, 3.8) is 0 Å². The van der Waals surface area contributed by atoms with E-state index < -0.39 is 23.2 Å². The van der Waals surface area contributed by atoms with Crippen molar-refractivity contribution in [3.8, 4) is 0 Å². The van der Waals surface area contributed by atoms with E-state index >= 15 is 0 Å². The van der Waals surface area contributed by atoms with Crippen LogP contribution in [0, 0.1) is 0 Å². The van der Waals surface area contributed by atoms with Gasteiger partial charge in [-0.1, -0.05) is 0 Å². The zero-order chi connectivity index (χ0) is 15.9. The molecule has 1 aliphatic rings. The molecule has 0 bridgehead atoms. The monoisotopic (exact) mass is 437 g/mol. The van der Waals surface area contributed by atoms with Crippen molar-refractivity contribution in [2.45, 2.75) is 40.0 Å². The summed E-state index contributed by atoms with van der Waals surface area (Å²) in [4.78, 5) is 3.74. The Balaban J connectivity index is 0.00000144. The number of H-pyrrole nitrogens is 1. The molecule has 1 heterocycles. The molecule has 4 heteroatoms. The summed E-state index contributed by atoms with van der Waals surface area (Å²) in [6.07, 6.45) is 6.80. The van der Waals surface area contributed by atoms with E-state index in [0.717, 1.165) is 0 Å². The van der Waals surface area contributed by atoms with Gasteiger partial charge in [-0.15, -0.1) is 0 Å². The van der Waals surface area contributed by atoms with Crippen molar-refractivity contribution in [1.29, 1.82) is 0 Å². The zero-order valence-corrected chi connectivity index (χ0v) is 18.8. The zero-order valence-electron chi connectivity index (χ0n) is 14.8. The first-order chi connectivity index (χ1) is 10.4. The molecule has 3 rings (SSSR count). The fraction of sp³-hybridized carbons (Fsp3) is 0.300. The number of benzene rings is 1. The standard InChI is InChI=1S/C12H14N.C8H9.2ClH.Zr/c1-12(2,3)10-8-13-11-7-5-4-6-9(10)11;1-7(2)8-5-3-4-6-8;;;/h4-7,13H,1-3H3;3-5H,1-2H3;2*1H;/q;;;;+2/p-2. The van der Waals surface area contributed by atoms with Gasteiger partial charge in [-0.3, -0.25) is 0 Å². The molecule has 0 aliphatic heterocycles. The number of hydrogen-bond donors (Lipinski definition) is 1. The van der Waals surface area contributed by atoms with Gasteiger partial charge >= 0.3 is 145 Å². The summed E-state index contributed by atoms with van der Waals surface area (Å²) < 4.78 is 3.10. The smallest absolute Gasteiger partial charge is 1.00 e. The van der Waals surface area contributed by atoms with Gasteiger partial charge in [0.15, 0.2) is 0 Å². The number of rotatable bonds is 2. The summed E-state index contributed by atoms with van der Waals surface area (Å²) >= 11 is -0.838. The first-order valence-electron chi connectivity index (χ1n) is 7.82. The first-order valence-corrected chi connectivity index (χ1v) is 10.3. The van der Waals surface area contributed by atoms with Crippen molar-refractivity contribution in [3.05, 3.63) is 62.5 Å². The maximum Gasteiger partial charge on any atom is -1.00 e. The van der Waals surface area contributed by atoms with Crippen LogP contribution in [0.5, 0.6) is 0 Å². The largest absolute Gasteiger partial charge is 1.00 e. The summed E-state index contributed by atoms with van der Waals surface area (Å²) in [6.45, 7) is 11.4. The maximum atomic E-state index is 3.74. The predicted octanol–water partition coefficient (Wildman–Crippen LogP) is -1.03. The van der Waals surface area contributed by atoms with Gasteiger partial charge in [0.25, 0.3) is 0 Å².